The summed E-state index contributed by atoms with van der Waals surface area (Å²) in [6, 6.07) is -0.127. The number of hydrogen-bond donors (Lipinski definition) is 1. The van der Waals surface area contributed by atoms with Gasteiger partial charge in [-0.05, 0) is 34.1 Å². The Morgan fingerprint density at radius 3 is 2.63 bits per heavy atom. The van der Waals surface area contributed by atoms with E-state index in [1.807, 2.05) is 0 Å². The van der Waals surface area contributed by atoms with Gasteiger partial charge in [0, 0.05) is 19.1 Å². The van der Waals surface area contributed by atoms with Gasteiger partial charge in [0.1, 0.15) is 5.60 Å². The lowest BCUT2D eigenvalue weighted by atomic mass is 10.0. The van der Waals surface area contributed by atoms with Crippen molar-refractivity contribution >= 4 is 12.1 Å². The molecule has 1 N–H and O–H groups in total. The number of hydrogen-bond acceptors (Lipinski definition) is 5. The van der Waals surface area contributed by atoms with Crippen LogP contribution in [0.5, 0.6) is 0 Å². The first kappa shape index (κ1) is 15.8. The summed E-state index contributed by atoms with van der Waals surface area (Å²) in [6.45, 7) is 7.90. The minimum absolute atomic E-state index is 0.127. The predicted molar refractivity (Wildman–Crippen MR) is 68.8 cm³/mol. The number of carbonyl (C=O) groups is 2. The first-order valence-electron chi connectivity index (χ1n) is 6.59. The Hall–Kier alpha value is -1.30. The van der Waals surface area contributed by atoms with E-state index in [1.54, 1.807) is 27.7 Å². The number of nitrogens with one attached hydrogen (secondary N) is 1. The van der Waals surface area contributed by atoms with Gasteiger partial charge in [0.2, 0.25) is 0 Å². The Balaban J connectivity index is 2.42. The van der Waals surface area contributed by atoms with Crippen molar-refractivity contribution in [2.24, 2.45) is 0 Å². The summed E-state index contributed by atoms with van der Waals surface area (Å²) < 4.78 is 15.4. The molecule has 0 radical (unpaired) electrons. The number of ether oxygens (including phenoxy) is 3. The van der Waals surface area contributed by atoms with Crippen molar-refractivity contribution in [2.75, 3.05) is 13.2 Å². The molecule has 110 valence electrons. The van der Waals surface area contributed by atoms with E-state index in [4.69, 9.17) is 14.2 Å². The van der Waals surface area contributed by atoms with Crippen molar-refractivity contribution in [1.29, 1.82) is 0 Å². The number of carbonyl (C=O) groups excluding carboxylic acids is 2. The van der Waals surface area contributed by atoms with Crippen LogP contribution >= 0.6 is 0 Å². The Labute approximate surface area is 113 Å². The van der Waals surface area contributed by atoms with Crippen molar-refractivity contribution in [3.8, 4) is 0 Å². The molecule has 0 aromatic rings. The lowest BCUT2D eigenvalue weighted by Gasteiger charge is -2.29. The maximum absolute atomic E-state index is 11.6. The number of rotatable bonds is 3. The third-order valence-corrected chi connectivity index (χ3v) is 2.55. The summed E-state index contributed by atoms with van der Waals surface area (Å²) in [4.78, 5) is 23.2. The molecule has 1 amide bonds. The Bertz CT molecular complexity index is 323. The first-order valence-corrected chi connectivity index (χ1v) is 6.59. The fraction of sp³-hybridized carbons (Fsp3) is 0.846. The second-order valence-electron chi connectivity index (χ2n) is 5.48. The number of amides is 1. The quantitative estimate of drug-likeness (QED) is 0.791. The van der Waals surface area contributed by atoms with Crippen LogP contribution in [0, 0.1) is 0 Å². The molecule has 19 heavy (non-hydrogen) atoms. The highest BCUT2D eigenvalue weighted by molar-refractivity contribution is 5.75. The molecule has 6 heteroatoms. The molecule has 0 aromatic heterocycles. The van der Waals surface area contributed by atoms with Crippen LogP contribution < -0.4 is 5.32 Å². The van der Waals surface area contributed by atoms with Crippen LogP contribution in [0.3, 0.4) is 0 Å². The minimum atomic E-state index is -0.603. The van der Waals surface area contributed by atoms with Crippen molar-refractivity contribution in [1.82, 2.24) is 5.32 Å². The zero-order chi connectivity index (χ0) is 14.5. The van der Waals surface area contributed by atoms with Gasteiger partial charge in [-0.15, -0.1) is 0 Å². The Kier molecular flexibility index (Phi) is 5.60. The largest absolute Gasteiger partial charge is 0.464 e. The zero-order valence-corrected chi connectivity index (χ0v) is 12.0. The second kappa shape index (κ2) is 6.75. The average Bonchev–Trinajstić information content (AvgIpc) is 2.27. The number of alkyl carbamates (subject to hydrolysis) is 1. The molecule has 0 saturated carbocycles. The first-order chi connectivity index (χ1) is 8.81. The van der Waals surface area contributed by atoms with Gasteiger partial charge in [-0.3, -0.25) is 0 Å². The van der Waals surface area contributed by atoms with Gasteiger partial charge in [-0.25, -0.2) is 9.59 Å². The molecule has 1 fully saturated rings. The van der Waals surface area contributed by atoms with E-state index in [1.165, 1.54) is 0 Å². The van der Waals surface area contributed by atoms with E-state index in [-0.39, 0.29) is 12.0 Å². The van der Waals surface area contributed by atoms with E-state index in [9.17, 15) is 9.59 Å². The zero-order valence-electron chi connectivity index (χ0n) is 12.0. The third kappa shape index (κ3) is 5.92. The van der Waals surface area contributed by atoms with Crippen LogP contribution in [-0.4, -0.2) is 43.0 Å². The SMILES string of the molecule is CCOC(=O)[C@H]1C[C@H](NC(=O)OC(C)(C)C)CCO1. The molecule has 0 bridgehead atoms. The molecule has 1 rings (SSSR count). The van der Waals surface area contributed by atoms with Crippen molar-refractivity contribution < 1.29 is 23.8 Å². The van der Waals surface area contributed by atoms with Crippen molar-refractivity contribution in [3.05, 3.63) is 0 Å². The van der Waals surface area contributed by atoms with Crippen molar-refractivity contribution in [3.63, 3.8) is 0 Å². The molecule has 0 unspecified atom stereocenters. The summed E-state index contributed by atoms with van der Waals surface area (Å²) in [5.74, 6) is -0.377. The van der Waals surface area contributed by atoms with Crippen LogP contribution in [0.1, 0.15) is 40.5 Å². The van der Waals surface area contributed by atoms with Gasteiger partial charge in [0.15, 0.2) is 6.10 Å². The smallest absolute Gasteiger partial charge is 0.407 e. The van der Waals surface area contributed by atoms with E-state index in [0.29, 0.717) is 26.1 Å². The normalized spacial score (nSPS) is 23.6. The standard InChI is InChI=1S/C13H23NO5/c1-5-17-11(15)10-8-9(6-7-18-10)14-12(16)19-13(2,3)4/h9-10H,5-8H2,1-4H3,(H,14,16)/t9-,10-/m1/s1. The number of esters is 1. The topological polar surface area (TPSA) is 73.9 Å². The molecule has 0 aliphatic carbocycles. The fourth-order valence-corrected chi connectivity index (χ4v) is 1.80. The molecule has 1 aliphatic heterocycles. The Morgan fingerprint density at radius 2 is 2.05 bits per heavy atom. The van der Waals surface area contributed by atoms with Gasteiger partial charge >= 0.3 is 12.1 Å². The monoisotopic (exact) mass is 273 g/mol. The van der Waals surface area contributed by atoms with Gasteiger partial charge in [0.05, 0.1) is 6.61 Å². The predicted octanol–water partition coefficient (Wildman–Crippen LogP) is 1.62. The van der Waals surface area contributed by atoms with E-state index >= 15 is 0 Å². The maximum atomic E-state index is 11.6. The van der Waals surface area contributed by atoms with Crippen LogP contribution in [0.2, 0.25) is 0 Å². The Morgan fingerprint density at radius 1 is 1.37 bits per heavy atom. The molecule has 1 aliphatic rings. The van der Waals surface area contributed by atoms with Crippen LogP contribution in [0.25, 0.3) is 0 Å². The molecule has 0 aromatic carbocycles. The fourth-order valence-electron chi connectivity index (χ4n) is 1.80. The highest BCUT2D eigenvalue weighted by Crippen LogP contribution is 2.16. The molecule has 6 nitrogen and oxygen atoms in total. The summed E-state index contributed by atoms with van der Waals surface area (Å²) in [5, 5.41) is 2.75. The van der Waals surface area contributed by atoms with Gasteiger partial charge in [0.25, 0.3) is 0 Å². The summed E-state index contributed by atoms with van der Waals surface area (Å²) in [7, 11) is 0. The van der Waals surface area contributed by atoms with Gasteiger partial charge < -0.3 is 19.5 Å². The van der Waals surface area contributed by atoms with Gasteiger partial charge in [-0.1, -0.05) is 0 Å². The molecule has 1 heterocycles. The maximum Gasteiger partial charge on any atom is 0.407 e. The minimum Gasteiger partial charge on any atom is -0.464 e. The average molecular weight is 273 g/mol. The van der Waals surface area contributed by atoms with E-state index < -0.39 is 17.8 Å². The van der Waals surface area contributed by atoms with E-state index in [0.717, 1.165) is 0 Å². The van der Waals surface area contributed by atoms with Crippen molar-refractivity contribution in [2.45, 2.75) is 58.3 Å². The van der Waals surface area contributed by atoms with Crippen LogP contribution in [0.4, 0.5) is 4.79 Å². The van der Waals surface area contributed by atoms with Gasteiger partial charge in [-0.2, -0.15) is 0 Å². The molecule has 1 saturated heterocycles. The molecule has 2 atom stereocenters. The van der Waals surface area contributed by atoms with E-state index in [2.05, 4.69) is 5.32 Å². The lowest BCUT2D eigenvalue weighted by Crippen LogP contribution is -2.46. The molecular formula is C13H23NO5. The summed E-state index contributed by atoms with van der Waals surface area (Å²) in [6.07, 6.45) is 0.00313. The highest BCUT2D eigenvalue weighted by atomic mass is 16.6. The molecular weight excluding hydrogens is 250 g/mol. The highest BCUT2D eigenvalue weighted by Gasteiger charge is 2.30. The lowest BCUT2D eigenvalue weighted by molar-refractivity contribution is -0.160. The van der Waals surface area contributed by atoms with Crippen LogP contribution in [-0.2, 0) is 19.0 Å². The third-order valence-electron chi connectivity index (χ3n) is 2.55. The second-order valence-corrected chi connectivity index (χ2v) is 5.48. The van der Waals surface area contributed by atoms with Crippen LogP contribution in [0.15, 0.2) is 0 Å². The summed E-state index contributed by atoms with van der Waals surface area (Å²) in [5.41, 5.74) is -0.532. The molecule has 0 spiro atoms. The summed E-state index contributed by atoms with van der Waals surface area (Å²) >= 11 is 0.